The standard InChI is InChI=1S/C15H32N2O/c1-13(2,3)9-14(4,5)10-15(6,7)11-17-12(18)16-8/h9-11H2,1-8H3,(H2,16,17,18). The Kier molecular flexibility index (Phi) is 5.70. The summed E-state index contributed by atoms with van der Waals surface area (Å²) in [5.41, 5.74) is 0.737. The van der Waals surface area contributed by atoms with Crippen LogP contribution in [0.2, 0.25) is 0 Å². The van der Waals surface area contributed by atoms with Gasteiger partial charge in [-0.05, 0) is 29.1 Å². The van der Waals surface area contributed by atoms with Gasteiger partial charge in [-0.15, -0.1) is 0 Å². The lowest BCUT2D eigenvalue weighted by Gasteiger charge is -2.39. The van der Waals surface area contributed by atoms with E-state index in [2.05, 4.69) is 59.1 Å². The third kappa shape index (κ3) is 8.37. The van der Waals surface area contributed by atoms with Crippen molar-refractivity contribution < 1.29 is 4.79 Å². The maximum absolute atomic E-state index is 11.2. The molecule has 3 nitrogen and oxygen atoms in total. The zero-order valence-electron chi connectivity index (χ0n) is 13.5. The Bertz CT molecular complexity index is 275. The Morgan fingerprint density at radius 3 is 1.78 bits per heavy atom. The highest BCUT2D eigenvalue weighted by atomic mass is 16.2. The first-order valence-corrected chi connectivity index (χ1v) is 6.83. The number of carbonyl (C=O) groups excluding carboxylic acids is 1. The van der Waals surface area contributed by atoms with Crippen LogP contribution in [-0.4, -0.2) is 19.6 Å². The second-order valence-electron chi connectivity index (χ2n) is 8.18. The van der Waals surface area contributed by atoms with E-state index in [1.54, 1.807) is 7.05 Å². The first kappa shape index (κ1) is 17.3. The van der Waals surface area contributed by atoms with Gasteiger partial charge < -0.3 is 10.6 Å². The fourth-order valence-electron chi connectivity index (χ4n) is 3.26. The summed E-state index contributed by atoms with van der Waals surface area (Å²) in [7, 11) is 1.64. The molecule has 0 aliphatic heterocycles. The van der Waals surface area contributed by atoms with Crippen molar-refractivity contribution in [3.63, 3.8) is 0 Å². The van der Waals surface area contributed by atoms with Crippen molar-refractivity contribution in [1.82, 2.24) is 10.6 Å². The van der Waals surface area contributed by atoms with Crippen molar-refractivity contribution in [2.24, 2.45) is 16.2 Å². The van der Waals surface area contributed by atoms with Crippen LogP contribution >= 0.6 is 0 Å². The lowest BCUT2D eigenvalue weighted by atomic mass is 9.68. The van der Waals surface area contributed by atoms with E-state index in [1.807, 2.05) is 0 Å². The largest absolute Gasteiger partial charge is 0.341 e. The Morgan fingerprint density at radius 1 is 0.889 bits per heavy atom. The Morgan fingerprint density at radius 2 is 1.39 bits per heavy atom. The molecule has 0 aliphatic carbocycles. The average molecular weight is 256 g/mol. The lowest BCUT2D eigenvalue weighted by Crippen LogP contribution is -2.41. The van der Waals surface area contributed by atoms with E-state index < -0.39 is 0 Å². The fourth-order valence-corrected chi connectivity index (χ4v) is 3.26. The van der Waals surface area contributed by atoms with Crippen molar-refractivity contribution in [1.29, 1.82) is 0 Å². The van der Waals surface area contributed by atoms with Gasteiger partial charge in [0.2, 0.25) is 0 Å². The van der Waals surface area contributed by atoms with Crippen LogP contribution in [0.4, 0.5) is 4.79 Å². The molecule has 0 bridgehead atoms. The zero-order valence-corrected chi connectivity index (χ0v) is 13.5. The van der Waals surface area contributed by atoms with Crippen LogP contribution in [0.1, 0.15) is 61.3 Å². The third-order valence-corrected chi connectivity index (χ3v) is 2.92. The normalized spacial score (nSPS) is 13.3. The summed E-state index contributed by atoms with van der Waals surface area (Å²) in [6.07, 6.45) is 2.28. The Hall–Kier alpha value is -0.730. The van der Waals surface area contributed by atoms with Crippen molar-refractivity contribution in [2.75, 3.05) is 13.6 Å². The minimum Gasteiger partial charge on any atom is -0.341 e. The summed E-state index contributed by atoms with van der Waals surface area (Å²) >= 11 is 0. The molecule has 0 aromatic carbocycles. The van der Waals surface area contributed by atoms with Gasteiger partial charge in [0.25, 0.3) is 0 Å². The molecule has 0 spiro atoms. The minimum absolute atomic E-state index is 0.100. The molecular weight excluding hydrogens is 224 g/mol. The maximum atomic E-state index is 11.2. The smallest absolute Gasteiger partial charge is 0.314 e. The molecule has 0 unspecified atom stereocenters. The molecule has 3 heteroatoms. The highest BCUT2D eigenvalue weighted by Crippen LogP contribution is 2.41. The summed E-state index contributed by atoms with van der Waals surface area (Å²) in [4.78, 5) is 11.2. The molecule has 0 saturated carbocycles. The van der Waals surface area contributed by atoms with E-state index in [1.165, 1.54) is 6.42 Å². The molecule has 0 aliphatic rings. The van der Waals surface area contributed by atoms with Crippen LogP contribution in [-0.2, 0) is 0 Å². The van der Waals surface area contributed by atoms with Gasteiger partial charge in [-0.2, -0.15) is 0 Å². The first-order chi connectivity index (χ1) is 7.87. The number of hydrogen-bond acceptors (Lipinski definition) is 1. The highest BCUT2D eigenvalue weighted by Gasteiger charge is 2.32. The van der Waals surface area contributed by atoms with Gasteiger partial charge in [0.05, 0.1) is 0 Å². The van der Waals surface area contributed by atoms with Crippen molar-refractivity contribution in [3.05, 3.63) is 0 Å². The van der Waals surface area contributed by atoms with E-state index in [0.717, 1.165) is 6.42 Å². The number of nitrogens with one attached hydrogen (secondary N) is 2. The van der Waals surface area contributed by atoms with Gasteiger partial charge in [0.15, 0.2) is 0 Å². The topological polar surface area (TPSA) is 41.1 Å². The molecule has 18 heavy (non-hydrogen) atoms. The van der Waals surface area contributed by atoms with E-state index in [-0.39, 0.29) is 16.9 Å². The quantitative estimate of drug-likeness (QED) is 0.772. The van der Waals surface area contributed by atoms with E-state index in [9.17, 15) is 4.79 Å². The van der Waals surface area contributed by atoms with Crippen LogP contribution in [0.3, 0.4) is 0 Å². The number of rotatable bonds is 5. The van der Waals surface area contributed by atoms with Crippen LogP contribution in [0, 0.1) is 16.2 Å². The SMILES string of the molecule is CNC(=O)NCC(C)(C)CC(C)(C)CC(C)(C)C. The lowest BCUT2D eigenvalue weighted by molar-refractivity contribution is 0.132. The summed E-state index contributed by atoms with van der Waals surface area (Å²) in [5.74, 6) is 0. The van der Waals surface area contributed by atoms with Gasteiger partial charge in [-0.3, -0.25) is 0 Å². The monoisotopic (exact) mass is 256 g/mol. The number of hydrogen-bond donors (Lipinski definition) is 2. The van der Waals surface area contributed by atoms with Crippen LogP contribution in [0.25, 0.3) is 0 Å². The van der Waals surface area contributed by atoms with E-state index in [0.29, 0.717) is 12.0 Å². The van der Waals surface area contributed by atoms with Gasteiger partial charge >= 0.3 is 6.03 Å². The molecule has 0 rings (SSSR count). The molecule has 108 valence electrons. The molecule has 0 aromatic rings. The summed E-state index contributed by atoms with van der Waals surface area (Å²) in [5, 5.41) is 5.50. The number of carbonyl (C=O) groups is 1. The van der Waals surface area contributed by atoms with Gasteiger partial charge in [0.1, 0.15) is 0 Å². The average Bonchev–Trinajstić information content (AvgIpc) is 2.08. The summed E-state index contributed by atoms with van der Waals surface area (Å²) in [6.45, 7) is 16.6. The van der Waals surface area contributed by atoms with E-state index >= 15 is 0 Å². The van der Waals surface area contributed by atoms with Crippen LogP contribution < -0.4 is 10.6 Å². The van der Waals surface area contributed by atoms with Crippen molar-refractivity contribution in [3.8, 4) is 0 Å². The van der Waals surface area contributed by atoms with Crippen molar-refractivity contribution in [2.45, 2.75) is 61.3 Å². The molecule has 0 atom stereocenters. The second kappa shape index (κ2) is 5.94. The summed E-state index contributed by atoms with van der Waals surface area (Å²) < 4.78 is 0. The first-order valence-electron chi connectivity index (χ1n) is 6.83. The second-order valence-corrected chi connectivity index (χ2v) is 8.18. The van der Waals surface area contributed by atoms with Gasteiger partial charge in [-0.1, -0.05) is 48.5 Å². The van der Waals surface area contributed by atoms with Gasteiger partial charge in [-0.25, -0.2) is 4.79 Å². The molecule has 0 radical (unpaired) electrons. The number of amides is 2. The third-order valence-electron chi connectivity index (χ3n) is 2.92. The molecule has 2 amide bonds. The van der Waals surface area contributed by atoms with Crippen LogP contribution in [0.5, 0.6) is 0 Å². The molecular formula is C15H32N2O. The molecule has 0 aromatic heterocycles. The predicted octanol–water partition coefficient (Wildman–Crippen LogP) is 3.79. The molecule has 0 fully saturated rings. The zero-order chi connectivity index (χ0) is 14.6. The summed E-state index contributed by atoms with van der Waals surface area (Å²) in [6, 6.07) is -0.100. The Balaban J connectivity index is 4.41. The highest BCUT2D eigenvalue weighted by molar-refractivity contribution is 5.73. The molecule has 0 heterocycles. The van der Waals surface area contributed by atoms with Gasteiger partial charge in [0, 0.05) is 13.6 Å². The molecule has 2 N–H and O–H groups in total. The Labute approximate surface area is 113 Å². The van der Waals surface area contributed by atoms with Crippen molar-refractivity contribution >= 4 is 6.03 Å². The fraction of sp³-hybridized carbons (Fsp3) is 0.933. The number of urea groups is 1. The van der Waals surface area contributed by atoms with Crippen LogP contribution in [0.15, 0.2) is 0 Å². The van der Waals surface area contributed by atoms with E-state index in [4.69, 9.17) is 0 Å². The molecule has 0 saturated heterocycles. The predicted molar refractivity (Wildman–Crippen MR) is 78.7 cm³/mol. The maximum Gasteiger partial charge on any atom is 0.314 e. The minimum atomic E-state index is -0.100.